The van der Waals surface area contributed by atoms with Gasteiger partial charge in [0.05, 0.1) is 0 Å². The van der Waals surface area contributed by atoms with Crippen LogP contribution in [0.15, 0.2) is 36.6 Å². The number of aromatic amines is 1. The number of allylic oxidation sites excluding steroid dienone is 4. The average molecular weight is 318 g/mol. The van der Waals surface area contributed by atoms with Crippen LogP contribution in [0.3, 0.4) is 0 Å². The zero-order valence-electron chi connectivity index (χ0n) is 10.9. The van der Waals surface area contributed by atoms with Crippen molar-refractivity contribution in [2.24, 2.45) is 0 Å². The third kappa shape index (κ3) is 6.63. The summed E-state index contributed by atoms with van der Waals surface area (Å²) in [5.41, 5.74) is 2.95. The number of hydrogen-bond acceptors (Lipinski definition) is 0. The summed E-state index contributed by atoms with van der Waals surface area (Å²) in [6, 6.07) is 2.20. The van der Waals surface area contributed by atoms with Crippen LogP contribution in [0.4, 0.5) is 0 Å². The second-order valence-corrected chi connectivity index (χ2v) is 4.07. The molecule has 0 bridgehead atoms. The van der Waals surface area contributed by atoms with E-state index in [0.717, 1.165) is 6.42 Å². The monoisotopic (exact) mass is 319 g/mol. The van der Waals surface area contributed by atoms with Crippen molar-refractivity contribution in [1.29, 1.82) is 0 Å². The molecular weight excluding hydrogens is 295 g/mol. The summed E-state index contributed by atoms with van der Waals surface area (Å²) >= 11 is 0. The number of nitrogens with one attached hydrogen (secondary N) is 1. The summed E-state index contributed by atoms with van der Waals surface area (Å²) in [6.45, 7) is 4.44. The largest absolute Gasteiger partial charge is 0.365 e. The number of aryl methyl sites for hydroxylation is 2. The smallest absolute Gasteiger partial charge is 0.0179 e. The van der Waals surface area contributed by atoms with Crippen molar-refractivity contribution in [1.82, 2.24) is 4.98 Å². The van der Waals surface area contributed by atoms with Gasteiger partial charge < -0.3 is 4.98 Å². The number of hydrogen-bond donors (Lipinski definition) is 1. The van der Waals surface area contributed by atoms with Gasteiger partial charge in [0.2, 0.25) is 0 Å². The molecule has 17 heavy (non-hydrogen) atoms. The Morgan fingerprint density at radius 1 is 1.06 bits per heavy atom. The van der Waals surface area contributed by atoms with E-state index in [1.807, 2.05) is 0 Å². The summed E-state index contributed by atoms with van der Waals surface area (Å²) in [5, 5.41) is 0. The minimum atomic E-state index is 0. The van der Waals surface area contributed by atoms with Crippen molar-refractivity contribution in [2.45, 2.75) is 46.0 Å². The summed E-state index contributed by atoms with van der Waals surface area (Å²) in [7, 11) is 0. The first-order valence-corrected chi connectivity index (χ1v) is 6.35. The second kappa shape index (κ2) is 10.5. The Morgan fingerprint density at radius 2 is 1.71 bits per heavy atom. The van der Waals surface area contributed by atoms with Gasteiger partial charge in [-0.15, -0.1) is 0 Å². The maximum Gasteiger partial charge on any atom is 0.0179 e. The minimum Gasteiger partial charge on any atom is -0.365 e. The van der Waals surface area contributed by atoms with Crippen LogP contribution in [-0.2, 0) is 32.3 Å². The first-order valence-electron chi connectivity index (χ1n) is 6.35. The van der Waals surface area contributed by atoms with Crippen LogP contribution in [0.2, 0.25) is 0 Å². The molecule has 1 aromatic heterocycles. The van der Waals surface area contributed by atoms with E-state index in [0.29, 0.717) is 0 Å². The van der Waals surface area contributed by atoms with Crippen LogP contribution in [0.5, 0.6) is 0 Å². The maximum absolute atomic E-state index is 3.29. The Bertz CT molecular complexity index is 306. The van der Waals surface area contributed by atoms with Gasteiger partial charge >= 0.3 is 0 Å². The Kier molecular flexibility index (Phi) is 10.1. The van der Waals surface area contributed by atoms with Crippen LogP contribution < -0.4 is 0 Å². The molecule has 1 aromatic rings. The molecule has 0 saturated heterocycles. The van der Waals surface area contributed by atoms with Crippen molar-refractivity contribution in [3.63, 3.8) is 0 Å². The van der Waals surface area contributed by atoms with Crippen LogP contribution in [0.25, 0.3) is 0 Å². The van der Waals surface area contributed by atoms with Gasteiger partial charge in [-0.3, -0.25) is 0 Å². The number of H-pyrrole nitrogens is 1. The SMILES string of the molecule is C1=CCC=C1.CCCc1cc[nH]c1CCC.[Ru]. The molecule has 1 heterocycles. The maximum atomic E-state index is 3.29. The quantitative estimate of drug-likeness (QED) is 0.791. The summed E-state index contributed by atoms with van der Waals surface area (Å²) in [6.07, 6.45) is 16.4. The molecule has 0 spiro atoms. The van der Waals surface area contributed by atoms with E-state index in [1.165, 1.54) is 36.9 Å². The molecule has 0 amide bonds. The van der Waals surface area contributed by atoms with E-state index in [9.17, 15) is 0 Å². The van der Waals surface area contributed by atoms with Gasteiger partial charge in [-0.25, -0.2) is 0 Å². The molecule has 1 nitrogen and oxygen atoms in total. The van der Waals surface area contributed by atoms with Gasteiger partial charge in [-0.1, -0.05) is 51.0 Å². The topological polar surface area (TPSA) is 15.8 Å². The molecule has 2 rings (SSSR count). The Morgan fingerprint density at radius 3 is 2.18 bits per heavy atom. The molecule has 1 N–H and O–H groups in total. The van der Waals surface area contributed by atoms with Gasteiger partial charge in [-0.05, 0) is 30.9 Å². The van der Waals surface area contributed by atoms with Crippen molar-refractivity contribution in [3.05, 3.63) is 47.8 Å². The molecule has 0 aliphatic heterocycles. The van der Waals surface area contributed by atoms with Crippen LogP contribution >= 0.6 is 0 Å². The van der Waals surface area contributed by atoms with E-state index >= 15 is 0 Å². The van der Waals surface area contributed by atoms with Gasteiger partial charge in [0.15, 0.2) is 0 Å². The Hall–Kier alpha value is -0.617. The summed E-state index contributed by atoms with van der Waals surface area (Å²) in [4.78, 5) is 3.29. The molecule has 0 fully saturated rings. The minimum absolute atomic E-state index is 0. The van der Waals surface area contributed by atoms with E-state index in [1.54, 1.807) is 0 Å². The van der Waals surface area contributed by atoms with E-state index in [4.69, 9.17) is 0 Å². The van der Waals surface area contributed by atoms with E-state index in [-0.39, 0.29) is 19.5 Å². The molecule has 2 heteroatoms. The third-order valence-corrected chi connectivity index (χ3v) is 2.60. The van der Waals surface area contributed by atoms with Gasteiger partial charge in [0, 0.05) is 31.4 Å². The average Bonchev–Trinajstić information content (AvgIpc) is 2.93. The fourth-order valence-corrected chi connectivity index (χ4v) is 1.82. The van der Waals surface area contributed by atoms with Crippen molar-refractivity contribution in [2.75, 3.05) is 0 Å². The first-order chi connectivity index (χ1) is 7.88. The molecule has 0 unspecified atom stereocenters. The van der Waals surface area contributed by atoms with Crippen molar-refractivity contribution in [3.8, 4) is 0 Å². The Balaban J connectivity index is 0.000000360. The molecule has 0 aromatic carbocycles. The zero-order chi connectivity index (χ0) is 11.6. The normalized spacial score (nSPS) is 11.9. The van der Waals surface area contributed by atoms with Crippen molar-refractivity contribution >= 4 is 0 Å². The van der Waals surface area contributed by atoms with Crippen molar-refractivity contribution < 1.29 is 19.5 Å². The molecule has 0 saturated carbocycles. The predicted octanol–water partition coefficient (Wildman–Crippen LogP) is 4.42. The fraction of sp³-hybridized carbons (Fsp3) is 0.467. The molecule has 0 atom stereocenters. The molecule has 1 aliphatic carbocycles. The molecule has 1 aliphatic rings. The molecule has 0 radical (unpaired) electrons. The second-order valence-electron chi connectivity index (χ2n) is 4.07. The molecular formula is C15H23NRu. The summed E-state index contributed by atoms with van der Waals surface area (Å²) in [5.74, 6) is 0. The van der Waals surface area contributed by atoms with Gasteiger partial charge in [-0.2, -0.15) is 0 Å². The number of aromatic nitrogens is 1. The van der Waals surface area contributed by atoms with Crippen LogP contribution in [-0.4, -0.2) is 4.98 Å². The fourth-order valence-electron chi connectivity index (χ4n) is 1.82. The standard InChI is InChI=1S/C10H17N.C5H6.Ru/c1-3-5-9-7-8-11-10(9)6-4-2;1-2-4-5-3-1;/h7-8,11H,3-6H2,1-2H3;1-4H,5H2;. The first kappa shape index (κ1) is 16.4. The third-order valence-electron chi connectivity index (χ3n) is 2.60. The van der Waals surface area contributed by atoms with E-state index < -0.39 is 0 Å². The van der Waals surface area contributed by atoms with Crippen LogP contribution in [0, 0.1) is 0 Å². The summed E-state index contributed by atoms with van der Waals surface area (Å²) < 4.78 is 0. The van der Waals surface area contributed by atoms with Crippen LogP contribution in [0.1, 0.15) is 44.4 Å². The van der Waals surface area contributed by atoms with E-state index in [2.05, 4.69) is 55.4 Å². The number of rotatable bonds is 4. The predicted molar refractivity (Wildman–Crippen MR) is 71.7 cm³/mol. The van der Waals surface area contributed by atoms with Gasteiger partial charge in [0.1, 0.15) is 0 Å². The Labute approximate surface area is 118 Å². The zero-order valence-corrected chi connectivity index (χ0v) is 12.6. The van der Waals surface area contributed by atoms with Gasteiger partial charge in [0.25, 0.3) is 0 Å². The molecule has 96 valence electrons.